The van der Waals surface area contributed by atoms with E-state index in [0.717, 1.165) is 24.1 Å². The van der Waals surface area contributed by atoms with Gasteiger partial charge in [-0.25, -0.2) is 15.0 Å². The van der Waals surface area contributed by atoms with E-state index in [-0.39, 0.29) is 0 Å². The molecule has 0 radical (unpaired) electrons. The molecule has 0 N–H and O–H groups in total. The Kier molecular flexibility index (Phi) is 5.78. The van der Waals surface area contributed by atoms with Crippen molar-refractivity contribution in [3.8, 4) is 28.2 Å². The van der Waals surface area contributed by atoms with E-state index in [9.17, 15) is 0 Å². The molecule has 5 heteroatoms. The van der Waals surface area contributed by atoms with Crippen LogP contribution in [0.5, 0.6) is 0 Å². The fraction of sp³-hybridized carbons (Fsp3) is 0.0750. The van der Waals surface area contributed by atoms with Gasteiger partial charge in [0.15, 0.2) is 5.82 Å². The molecule has 5 nitrogen and oxygen atoms in total. The summed E-state index contributed by atoms with van der Waals surface area (Å²) in [5, 5.41) is 5.06. The Morgan fingerprint density at radius 2 is 1.33 bits per heavy atom. The lowest BCUT2D eigenvalue weighted by atomic mass is 9.96. The second-order valence-electron chi connectivity index (χ2n) is 11.8. The molecule has 0 saturated carbocycles. The van der Waals surface area contributed by atoms with Crippen LogP contribution in [0.2, 0.25) is 0 Å². The van der Waals surface area contributed by atoms with Crippen LogP contribution >= 0.6 is 0 Å². The lowest BCUT2D eigenvalue weighted by molar-refractivity contribution is 0.979. The van der Waals surface area contributed by atoms with Gasteiger partial charge in [-0.05, 0) is 91.1 Å². The molecule has 1 aliphatic rings. The molecule has 0 fully saturated rings. The van der Waals surface area contributed by atoms with Crippen molar-refractivity contribution in [3.05, 3.63) is 140 Å². The molecule has 3 aromatic heterocycles. The first-order chi connectivity index (χ1) is 22.2. The minimum atomic E-state index is 0.684. The zero-order valence-corrected chi connectivity index (χ0v) is 24.9. The summed E-state index contributed by atoms with van der Waals surface area (Å²) in [6.07, 6.45) is 11.9. The predicted octanol–water partition coefficient (Wildman–Crippen LogP) is 9.91. The van der Waals surface area contributed by atoms with E-state index in [1.807, 2.05) is 0 Å². The SMILES string of the molecule is Cc1cc(-c2ncncn2)ccc1-c1ccc2c(c1)c1cc3c4ccccc4n(C4=CC=CCC4)c3cc1n2-c1ccccc1. The Balaban J connectivity index is 1.33. The number of fused-ring (bicyclic) bond motifs is 6. The molecular formula is C40H29N5. The first-order valence-corrected chi connectivity index (χ1v) is 15.4. The number of rotatable bonds is 4. The number of aromatic nitrogens is 5. The van der Waals surface area contributed by atoms with Crippen molar-refractivity contribution >= 4 is 49.3 Å². The summed E-state index contributed by atoms with van der Waals surface area (Å²) in [6, 6.07) is 37.7. The van der Waals surface area contributed by atoms with Gasteiger partial charge >= 0.3 is 0 Å². The van der Waals surface area contributed by atoms with E-state index in [1.54, 1.807) is 12.7 Å². The van der Waals surface area contributed by atoms with Crippen LogP contribution in [-0.2, 0) is 0 Å². The number of allylic oxidation sites excluding steroid dienone is 4. The Labute approximate surface area is 260 Å². The monoisotopic (exact) mass is 579 g/mol. The molecule has 1 aliphatic carbocycles. The number of hydrogen-bond donors (Lipinski definition) is 0. The van der Waals surface area contributed by atoms with Gasteiger partial charge in [-0.3, -0.25) is 0 Å². The maximum absolute atomic E-state index is 4.34. The van der Waals surface area contributed by atoms with Crippen LogP contribution in [-0.4, -0.2) is 24.1 Å². The Hall–Kier alpha value is -5.81. The number of aryl methyl sites for hydroxylation is 1. The molecule has 8 aromatic rings. The zero-order valence-electron chi connectivity index (χ0n) is 24.9. The van der Waals surface area contributed by atoms with Crippen molar-refractivity contribution in [2.24, 2.45) is 0 Å². The lowest BCUT2D eigenvalue weighted by Gasteiger charge is -2.14. The Bertz CT molecular complexity index is 2480. The summed E-state index contributed by atoms with van der Waals surface area (Å²) in [4.78, 5) is 12.7. The maximum Gasteiger partial charge on any atom is 0.162 e. The summed E-state index contributed by atoms with van der Waals surface area (Å²) in [5.41, 5.74) is 12.0. The lowest BCUT2D eigenvalue weighted by Crippen LogP contribution is -1.99. The van der Waals surface area contributed by atoms with Gasteiger partial charge in [0, 0.05) is 38.5 Å². The fourth-order valence-corrected chi connectivity index (χ4v) is 7.10. The molecule has 0 bridgehead atoms. The molecule has 3 heterocycles. The van der Waals surface area contributed by atoms with Crippen molar-refractivity contribution in [1.29, 1.82) is 0 Å². The maximum atomic E-state index is 4.34. The molecular weight excluding hydrogens is 550 g/mol. The van der Waals surface area contributed by atoms with Crippen LogP contribution in [0, 0.1) is 6.92 Å². The molecule has 214 valence electrons. The second-order valence-corrected chi connectivity index (χ2v) is 11.8. The van der Waals surface area contributed by atoms with Crippen LogP contribution in [0.1, 0.15) is 18.4 Å². The zero-order chi connectivity index (χ0) is 29.9. The van der Waals surface area contributed by atoms with Crippen molar-refractivity contribution < 1.29 is 0 Å². The summed E-state index contributed by atoms with van der Waals surface area (Å²) in [7, 11) is 0. The number of para-hydroxylation sites is 2. The normalized spacial score (nSPS) is 13.3. The van der Waals surface area contributed by atoms with E-state index in [0.29, 0.717) is 5.82 Å². The van der Waals surface area contributed by atoms with Crippen molar-refractivity contribution in [1.82, 2.24) is 24.1 Å². The Morgan fingerprint density at radius 3 is 2.16 bits per heavy atom. The highest BCUT2D eigenvalue weighted by Gasteiger charge is 2.20. The predicted molar refractivity (Wildman–Crippen MR) is 185 cm³/mol. The third kappa shape index (κ3) is 4.05. The minimum Gasteiger partial charge on any atom is -0.313 e. The average Bonchev–Trinajstić information content (AvgIpc) is 3.60. The van der Waals surface area contributed by atoms with Gasteiger partial charge < -0.3 is 9.13 Å². The topological polar surface area (TPSA) is 48.5 Å². The largest absolute Gasteiger partial charge is 0.313 e. The van der Waals surface area contributed by atoms with Crippen LogP contribution in [0.25, 0.3) is 77.5 Å². The molecule has 0 saturated heterocycles. The average molecular weight is 580 g/mol. The first-order valence-electron chi connectivity index (χ1n) is 15.4. The number of nitrogens with zero attached hydrogens (tertiary/aromatic N) is 5. The molecule has 5 aromatic carbocycles. The highest BCUT2D eigenvalue weighted by atomic mass is 15.0. The third-order valence-corrected chi connectivity index (χ3v) is 9.14. The smallest absolute Gasteiger partial charge is 0.162 e. The van der Waals surface area contributed by atoms with Crippen molar-refractivity contribution in [2.45, 2.75) is 19.8 Å². The molecule has 0 atom stereocenters. The molecule has 9 rings (SSSR count). The number of hydrogen-bond acceptors (Lipinski definition) is 3. The van der Waals surface area contributed by atoms with E-state index in [1.165, 1.54) is 66.0 Å². The van der Waals surface area contributed by atoms with E-state index < -0.39 is 0 Å². The van der Waals surface area contributed by atoms with E-state index >= 15 is 0 Å². The van der Waals surface area contributed by atoms with Crippen molar-refractivity contribution in [3.63, 3.8) is 0 Å². The minimum absolute atomic E-state index is 0.684. The summed E-state index contributed by atoms with van der Waals surface area (Å²) < 4.78 is 4.89. The summed E-state index contributed by atoms with van der Waals surface area (Å²) in [5.74, 6) is 0.684. The standard InChI is InChI=1S/C40H29N5/c1-26-20-28(40-42-24-41-25-43-40)16-18-31(26)27-17-19-37-33(21-27)35-22-34-32-14-8-9-15-36(32)44(29-10-4-2-5-11-29)38(34)23-39(35)45(37)30-12-6-3-7-13-30/h2-4,6-10,12-25H,5,11H2,1H3. The quantitative estimate of drug-likeness (QED) is 0.208. The second kappa shape index (κ2) is 10.1. The van der Waals surface area contributed by atoms with Gasteiger partial charge in [0.1, 0.15) is 12.7 Å². The number of benzene rings is 5. The highest BCUT2D eigenvalue weighted by molar-refractivity contribution is 6.20. The van der Waals surface area contributed by atoms with Crippen LogP contribution in [0.4, 0.5) is 0 Å². The fourth-order valence-electron chi connectivity index (χ4n) is 7.10. The van der Waals surface area contributed by atoms with Crippen LogP contribution in [0.3, 0.4) is 0 Å². The first kappa shape index (κ1) is 25.7. The van der Waals surface area contributed by atoms with E-state index in [2.05, 4.69) is 152 Å². The highest BCUT2D eigenvalue weighted by Crippen LogP contribution is 2.41. The molecule has 0 aliphatic heterocycles. The van der Waals surface area contributed by atoms with Gasteiger partial charge in [0.2, 0.25) is 0 Å². The van der Waals surface area contributed by atoms with Gasteiger partial charge in [-0.1, -0.05) is 66.7 Å². The molecule has 0 amide bonds. The molecule has 0 spiro atoms. The summed E-state index contributed by atoms with van der Waals surface area (Å²) >= 11 is 0. The molecule has 0 unspecified atom stereocenters. The Morgan fingerprint density at radius 1 is 0.600 bits per heavy atom. The van der Waals surface area contributed by atoms with Gasteiger partial charge in [0.25, 0.3) is 0 Å². The van der Waals surface area contributed by atoms with Gasteiger partial charge in [-0.2, -0.15) is 0 Å². The van der Waals surface area contributed by atoms with Crippen molar-refractivity contribution in [2.75, 3.05) is 0 Å². The molecule has 45 heavy (non-hydrogen) atoms. The van der Waals surface area contributed by atoms with E-state index in [4.69, 9.17) is 0 Å². The van der Waals surface area contributed by atoms with Gasteiger partial charge in [0.05, 0.1) is 22.1 Å². The van der Waals surface area contributed by atoms with Gasteiger partial charge in [-0.15, -0.1) is 0 Å². The summed E-state index contributed by atoms with van der Waals surface area (Å²) in [6.45, 7) is 2.16. The van der Waals surface area contributed by atoms with Crippen LogP contribution in [0.15, 0.2) is 134 Å². The van der Waals surface area contributed by atoms with Crippen LogP contribution < -0.4 is 0 Å². The third-order valence-electron chi connectivity index (χ3n) is 9.14.